The van der Waals surface area contributed by atoms with Gasteiger partial charge in [-0.2, -0.15) is 0 Å². The first-order valence-electron chi connectivity index (χ1n) is 7.05. The van der Waals surface area contributed by atoms with Crippen LogP contribution in [0, 0.1) is 5.92 Å². The van der Waals surface area contributed by atoms with Gasteiger partial charge in [-0.05, 0) is 37.8 Å². The van der Waals surface area contributed by atoms with Crippen LogP contribution >= 0.6 is 23.2 Å². The van der Waals surface area contributed by atoms with Gasteiger partial charge in [0.25, 0.3) is 5.91 Å². The number of rotatable bonds is 5. The lowest BCUT2D eigenvalue weighted by molar-refractivity contribution is -0.142. The number of nitrogens with one attached hydrogen (secondary N) is 1. The predicted molar refractivity (Wildman–Crippen MR) is 83.5 cm³/mol. The molecule has 0 heterocycles. The zero-order chi connectivity index (χ0) is 16.1. The smallest absolute Gasteiger partial charge is 0.306 e. The molecule has 0 aliphatic heterocycles. The van der Waals surface area contributed by atoms with Gasteiger partial charge in [-0.1, -0.05) is 23.2 Å². The van der Waals surface area contributed by atoms with Crippen LogP contribution in [-0.4, -0.2) is 29.6 Å². The number of hydrogen-bond acceptors (Lipinski definition) is 3. The van der Waals surface area contributed by atoms with Crippen molar-refractivity contribution in [3.05, 3.63) is 28.2 Å². The summed E-state index contributed by atoms with van der Waals surface area (Å²) in [5, 5.41) is 12.6. The Balaban J connectivity index is 1.74. The van der Waals surface area contributed by atoms with Gasteiger partial charge in [0.2, 0.25) is 0 Å². The number of hydrogen-bond donors (Lipinski definition) is 2. The Morgan fingerprint density at radius 3 is 2.45 bits per heavy atom. The molecule has 1 aliphatic carbocycles. The number of ether oxygens (including phenoxy) is 1. The van der Waals surface area contributed by atoms with Crippen molar-refractivity contribution in [2.75, 3.05) is 6.61 Å². The lowest BCUT2D eigenvalue weighted by atomic mass is 9.86. The van der Waals surface area contributed by atoms with E-state index in [1.54, 1.807) is 18.2 Å². The quantitative estimate of drug-likeness (QED) is 0.859. The van der Waals surface area contributed by atoms with Gasteiger partial charge < -0.3 is 15.2 Å². The number of amides is 1. The van der Waals surface area contributed by atoms with Crippen LogP contribution < -0.4 is 10.1 Å². The molecule has 22 heavy (non-hydrogen) atoms. The predicted octanol–water partition coefficient (Wildman–Crippen LogP) is 3.13. The Morgan fingerprint density at radius 2 is 1.86 bits per heavy atom. The van der Waals surface area contributed by atoms with E-state index in [4.69, 9.17) is 33.0 Å². The highest BCUT2D eigenvalue weighted by Crippen LogP contribution is 2.26. The molecule has 1 aromatic carbocycles. The molecule has 1 amide bonds. The van der Waals surface area contributed by atoms with Gasteiger partial charge in [0.15, 0.2) is 6.61 Å². The summed E-state index contributed by atoms with van der Waals surface area (Å²) >= 11 is 11.7. The second-order valence-corrected chi connectivity index (χ2v) is 6.13. The van der Waals surface area contributed by atoms with Gasteiger partial charge in [-0.15, -0.1) is 0 Å². The minimum absolute atomic E-state index is 0.0144. The van der Waals surface area contributed by atoms with Crippen molar-refractivity contribution < 1.29 is 19.4 Å². The van der Waals surface area contributed by atoms with Crippen LogP contribution in [0.1, 0.15) is 25.7 Å². The number of benzene rings is 1. The minimum Gasteiger partial charge on any atom is -0.484 e. The van der Waals surface area contributed by atoms with Gasteiger partial charge >= 0.3 is 5.97 Å². The van der Waals surface area contributed by atoms with E-state index in [-0.39, 0.29) is 24.5 Å². The van der Waals surface area contributed by atoms with E-state index in [0.717, 1.165) is 0 Å². The van der Waals surface area contributed by atoms with Crippen LogP contribution in [-0.2, 0) is 9.59 Å². The molecule has 1 saturated carbocycles. The highest BCUT2D eigenvalue weighted by atomic mass is 35.5. The highest BCUT2D eigenvalue weighted by molar-refractivity contribution is 6.42. The van der Waals surface area contributed by atoms with Crippen molar-refractivity contribution in [3.8, 4) is 5.75 Å². The Hall–Kier alpha value is -1.46. The van der Waals surface area contributed by atoms with E-state index in [1.165, 1.54) is 0 Å². The van der Waals surface area contributed by atoms with Gasteiger partial charge in [-0.3, -0.25) is 9.59 Å². The van der Waals surface area contributed by atoms with Gasteiger partial charge in [-0.25, -0.2) is 0 Å². The maximum atomic E-state index is 11.8. The molecule has 5 nitrogen and oxygen atoms in total. The van der Waals surface area contributed by atoms with Gasteiger partial charge in [0.1, 0.15) is 5.75 Å². The van der Waals surface area contributed by atoms with Crippen LogP contribution in [0.2, 0.25) is 10.0 Å². The lowest BCUT2D eigenvalue weighted by Gasteiger charge is -2.26. The summed E-state index contributed by atoms with van der Waals surface area (Å²) in [6, 6.07) is 4.81. The van der Waals surface area contributed by atoms with E-state index >= 15 is 0 Å². The van der Waals surface area contributed by atoms with Crippen molar-refractivity contribution in [1.29, 1.82) is 0 Å². The maximum absolute atomic E-state index is 11.8. The monoisotopic (exact) mass is 345 g/mol. The summed E-state index contributed by atoms with van der Waals surface area (Å²) in [7, 11) is 0. The summed E-state index contributed by atoms with van der Waals surface area (Å²) in [6.07, 6.45) is 2.53. The molecule has 2 N–H and O–H groups in total. The van der Waals surface area contributed by atoms with Crippen molar-refractivity contribution in [3.63, 3.8) is 0 Å². The topological polar surface area (TPSA) is 75.6 Å². The van der Waals surface area contributed by atoms with E-state index < -0.39 is 5.97 Å². The number of carboxylic acids is 1. The fraction of sp³-hybridized carbons (Fsp3) is 0.467. The van der Waals surface area contributed by atoms with Gasteiger partial charge in [0.05, 0.1) is 16.0 Å². The summed E-state index contributed by atoms with van der Waals surface area (Å²) < 4.78 is 5.36. The molecule has 7 heteroatoms. The molecule has 1 fully saturated rings. The molecule has 1 aromatic rings. The molecule has 0 unspecified atom stereocenters. The second-order valence-electron chi connectivity index (χ2n) is 5.32. The minimum atomic E-state index is -0.757. The van der Waals surface area contributed by atoms with Crippen molar-refractivity contribution in [1.82, 2.24) is 5.32 Å². The Labute approximate surface area is 138 Å². The van der Waals surface area contributed by atoms with Gasteiger partial charge in [0, 0.05) is 12.1 Å². The molecular weight excluding hydrogens is 329 g/mol. The third-order valence-electron chi connectivity index (χ3n) is 3.70. The molecule has 0 atom stereocenters. The molecule has 0 bridgehead atoms. The summed E-state index contributed by atoms with van der Waals surface area (Å²) in [5.74, 6) is -0.808. The normalized spacial score (nSPS) is 21.2. The first-order chi connectivity index (χ1) is 10.5. The van der Waals surface area contributed by atoms with Crippen LogP contribution in [0.25, 0.3) is 0 Å². The lowest BCUT2D eigenvalue weighted by Crippen LogP contribution is -2.40. The average Bonchev–Trinajstić information content (AvgIpc) is 2.49. The largest absolute Gasteiger partial charge is 0.484 e. The average molecular weight is 346 g/mol. The Bertz CT molecular complexity index is 556. The maximum Gasteiger partial charge on any atom is 0.306 e. The number of halogens is 2. The summed E-state index contributed by atoms with van der Waals surface area (Å²) in [5.41, 5.74) is 0. The third-order valence-corrected chi connectivity index (χ3v) is 4.44. The molecule has 120 valence electrons. The molecule has 0 saturated heterocycles. The van der Waals surface area contributed by atoms with E-state index in [0.29, 0.717) is 41.5 Å². The molecule has 0 radical (unpaired) electrons. The van der Waals surface area contributed by atoms with E-state index in [9.17, 15) is 9.59 Å². The summed E-state index contributed by atoms with van der Waals surface area (Å²) in [6.45, 7) is -0.114. The number of carboxylic acid groups (broad SMARTS) is 1. The van der Waals surface area contributed by atoms with E-state index in [1.807, 2.05) is 0 Å². The highest BCUT2D eigenvalue weighted by Gasteiger charge is 2.26. The van der Waals surface area contributed by atoms with E-state index in [2.05, 4.69) is 5.32 Å². The number of carbonyl (C=O) groups is 2. The Morgan fingerprint density at radius 1 is 1.18 bits per heavy atom. The van der Waals surface area contributed by atoms with Crippen molar-refractivity contribution >= 4 is 35.1 Å². The SMILES string of the molecule is O=C(COc1ccc(Cl)c(Cl)c1)NC1CCC(C(=O)O)CC1. The first-order valence-corrected chi connectivity index (χ1v) is 7.81. The fourth-order valence-electron chi connectivity index (χ4n) is 2.47. The van der Waals surface area contributed by atoms with Crippen LogP contribution in [0.5, 0.6) is 5.75 Å². The standard InChI is InChI=1S/C15H17Cl2NO4/c16-12-6-5-11(7-13(12)17)22-8-14(19)18-10-3-1-9(2-4-10)15(20)21/h5-7,9-10H,1-4,8H2,(H,18,19)(H,20,21). The molecule has 0 aromatic heterocycles. The number of carbonyl (C=O) groups excluding carboxylic acids is 1. The van der Waals surface area contributed by atoms with Crippen molar-refractivity contribution in [2.24, 2.45) is 5.92 Å². The first kappa shape index (κ1) is 16.9. The summed E-state index contributed by atoms with van der Waals surface area (Å²) in [4.78, 5) is 22.7. The second kappa shape index (κ2) is 7.70. The molecule has 1 aliphatic rings. The molecule has 0 spiro atoms. The molecule has 2 rings (SSSR count). The fourth-order valence-corrected chi connectivity index (χ4v) is 2.76. The third kappa shape index (κ3) is 4.78. The zero-order valence-electron chi connectivity index (χ0n) is 11.9. The zero-order valence-corrected chi connectivity index (χ0v) is 13.4. The van der Waals surface area contributed by atoms with Crippen LogP contribution in [0.3, 0.4) is 0 Å². The Kier molecular flexibility index (Phi) is 5.91. The molecular formula is C15H17Cl2NO4. The van der Waals surface area contributed by atoms with Crippen molar-refractivity contribution in [2.45, 2.75) is 31.7 Å². The number of aliphatic carboxylic acids is 1. The van der Waals surface area contributed by atoms with Crippen LogP contribution in [0.4, 0.5) is 0 Å². The van der Waals surface area contributed by atoms with Crippen LogP contribution in [0.15, 0.2) is 18.2 Å².